The molecule has 144 valence electrons. The highest BCUT2D eigenvalue weighted by atomic mass is 16.5. The van der Waals surface area contributed by atoms with E-state index >= 15 is 0 Å². The van der Waals surface area contributed by atoms with E-state index in [0.29, 0.717) is 11.3 Å². The van der Waals surface area contributed by atoms with Crippen LogP contribution in [0.3, 0.4) is 0 Å². The number of methoxy groups -OCH3 is 1. The summed E-state index contributed by atoms with van der Waals surface area (Å²) >= 11 is 0. The minimum absolute atomic E-state index is 0.148. The van der Waals surface area contributed by atoms with Gasteiger partial charge in [-0.1, -0.05) is 49.2 Å². The predicted octanol–water partition coefficient (Wildman–Crippen LogP) is 5.48. The van der Waals surface area contributed by atoms with E-state index in [9.17, 15) is 4.79 Å². The summed E-state index contributed by atoms with van der Waals surface area (Å²) in [5, 5.41) is 5.20. The van der Waals surface area contributed by atoms with Crippen molar-refractivity contribution in [1.82, 2.24) is 0 Å². The number of para-hydroxylation sites is 2. The molecule has 0 atom stereocenters. The molecule has 1 aliphatic rings. The van der Waals surface area contributed by atoms with Gasteiger partial charge in [-0.05, 0) is 47.9 Å². The molecule has 1 saturated heterocycles. The van der Waals surface area contributed by atoms with Gasteiger partial charge >= 0.3 is 0 Å². The summed E-state index contributed by atoms with van der Waals surface area (Å²) in [5.41, 5.74) is 2.49. The van der Waals surface area contributed by atoms with E-state index in [4.69, 9.17) is 4.74 Å². The molecule has 0 radical (unpaired) electrons. The van der Waals surface area contributed by atoms with E-state index < -0.39 is 0 Å². The highest BCUT2D eigenvalue weighted by molar-refractivity contribution is 6.10. The molecule has 0 saturated carbocycles. The third kappa shape index (κ3) is 3.81. The van der Waals surface area contributed by atoms with Crippen LogP contribution < -0.4 is 15.0 Å². The van der Waals surface area contributed by atoms with E-state index in [1.165, 1.54) is 25.7 Å². The molecule has 4 nitrogen and oxygen atoms in total. The van der Waals surface area contributed by atoms with Crippen LogP contribution in [0.15, 0.2) is 60.7 Å². The Bertz CT molecular complexity index is 975. The standard InChI is InChI=1S/C24H26N2O2/c1-28-23-17-19-11-5-4-10-18(19)16-20(23)24(27)25-21-12-6-7-13-22(21)26-14-8-2-3-9-15-26/h4-7,10-13,16-17H,2-3,8-9,14-15H2,1H3,(H,25,27). The van der Waals surface area contributed by atoms with Crippen molar-refractivity contribution in [2.24, 2.45) is 0 Å². The molecule has 3 aromatic carbocycles. The van der Waals surface area contributed by atoms with Crippen LogP contribution in [0.5, 0.6) is 5.75 Å². The fourth-order valence-corrected chi connectivity index (χ4v) is 3.92. The van der Waals surface area contributed by atoms with Crippen molar-refractivity contribution >= 4 is 28.1 Å². The molecule has 3 aromatic rings. The number of nitrogens with zero attached hydrogens (tertiary/aromatic N) is 1. The molecule has 0 aromatic heterocycles. The fourth-order valence-electron chi connectivity index (χ4n) is 3.92. The molecule has 0 unspecified atom stereocenters. The maximum atomic E-state index is 13.1. The molecule has 28 heavy (non-hydrogen) atoms. The summed E-state index contributed by atoms with van der Waals surface area (Å²) in [7, 11) is 1.60. The number of nitrogens with one attached hydrogen (secondary N) is 1. The van der Waals surface area contributed by atoms with E-state index in [0.717, 1.165) is 35.2 Å². The normalized spacial score (nSPS) is 14.5. The van der Waals surface area contributed by atoms with Crippen LogP contribution in [0, 0.1) is 0 Å². The third-order valence-electron chi connectivity index (χ3n) is 5.41. The van der Waals surface area contributed by atoms with Gasteiger partial charge < -0.3 is 15.0 Å². The second-order valence-electron chi connectivity index (χ2n) is 7.27. The lowest BCUT2D eigenvalue weighted by Gasteiger charge is -2.25. The lowest BCUT2D eigenvalue weighted by molar-refractivity contribution is 0.102. The van der Waals surface area contributed by atoms with Gasteiger partial charge in [0.2, 0.25) is 0 Å². The van der Waals surface area contributed by atoms with Crippen molar-refractivity contribution in [1.29, 1.82) is 0 Å². The third-order valence-corrected chi connectivity index (χ3v) is 5.41. The average molecular weight is 374 g/mol. The molecule has 1 amide bonds. The maximum absolute atomic E-state index is 13.1. The molecule has 4 heteroatoms. The highest BCUT2D eigenvalue weighted by Gasteiger charge is 2.18. The fraction of sp³-hybridized carbons (Fsp3) is 0.292. The zero-order chi connectivity index (χ0) is 19.3. The van der Waals surface area contributed by atoms with Crippen LogP contribution in [-0.4, -0.2) is 26.1 Å². The second-order valence-corrected chi connectivity index (χ2v) is 7.27. The summed E-state index contributed by atoms with van der Waals surface area (Å²) < 4.78 is 5.50. The summed E-state index contributed by atoms with van der Waals surface area (Å²) in [6, 6.07) is 19.9. The topological polar surface area (TPSA) is 41.6 Å². The number of hydrogen-bond donors (Lipinski definition) is 1. The van der Waals surface area contributed by atoms with Gasteiger partial charge in [0.25, 0.3) is 5.91 Å². The highest BCUT2D eigenvalue weighted by Crippen LogP contribution is 2.31. The van der Waals surface area contributed by atoms with Gasteiger partial charge in [-0.3, -0.25) is 4.79 Å². The Balaban J connectivity index is 1.65. The van der Waals surface area contributed by atoms with Gasteiger partial charge in [0.05, 0.1) is 24.0 Å². The van der Waals surface area contributed by atoms with Crippen LogP contribution in [0.25, 0.3) is 10.8 Å². The van der Waals surface area contributed by atoms with Crippen LogP contribution >= 0.6 is 0 Å². The quantitative estimate of drug-likeness (QED) is 0.657. The largest absolute Gasteiger partial charge is 0.496 e. The second kappa shape index (κ2) is 8.34. The zero-order valence-corrected chi connectivity index (χ0v) is 16.3. The number of carbonyl (C=O) groups is 1. The summed E-state index contributed by atoms with van der Waals surface area (Å²) in [4.78, 5) is 15.5. The van der Waals surface area contributed by atoms with Crippen LogP contribution in [0.2, 0.25) is 0 Å². The molecule has 0 bridgehead atoms. The Morgan fingerprint density at radius 2 is 1.54 bits per heavy atom. The molecular formula is C24H26N2O2. The van der Waals surface area contributed by atoms with Crippen LogP contribution in [0.4, 0.5) is 11.4 Å². The first-order valence-corrected chi connectivity index (χ1v) is 9.98. The van der Waals surface area contributed by atoms with Crippen molar-refractivity contribution in [3.63, 3.8) is 0 Å². The Morgan fingerprint density at radius 3 is 2.25 bits per heavy atom. The summed E-state index contributed by atoms with van der Waals surface area (Å²) in [6.07, 6.45) is 4.94. The minimum atomic E-state index is -0.148. The Morgan fingerprint density at radius 1 is 0.893 bits per heavy atom. The van der Waals surface area contributed by atoms with Gasteiger partial charge in [0.15, 0.2) is 0 Å². The van der Waals surface area contributed by atoms with Crippen molar-refractivity contribution in [2.45, 2.75) is 25.7 Å². The lowest BCUT2D eigenvalue weighted by atomic mass is 10.0. The van der Waals surface area contributed by atoms with Crippen molar-refractivity contribution in [3.8, 4) is 5.75 Å². The van der Waals surface area contributed by atoms with Gasteiger partial charge in [-0.25, -0.2) is 0 Å². The molecular weight excluding hydrogens is 348 g/mol. The molecule has 1 N–H and O–H groups in total. The number of hydrogen-bond acceptors (Lipinski definition) is 3. The van der Waals surface area contributed by atoms with Gasteiger partial charge in [-0.15, -0.1) is 0 Å². The van der Waals surface area contributed by atoms with E-state index in [-0.39, 0.29) is 5.91 Å². The van der Waals surface area contributed by atoms with E-state index in [2.05, 4.69) is 16.3 Å². The molecule has 1 fully saturated rings. The van der Waals surface area contributed by atoms with Crippen LogP contribution in [-0.2, 0) is 0 Å². The molecule has 0 aliphatic carbocycles. The lowest BCUT2D eigenvalue weighted by Crippen LogP contribution is -2.25. The molecule has 0 spiro atoms. The molecule has 1 aliphatic heterocycles. The first-order valence-electron chi connectivity index (χ1n) is 9.98. The number of anilines is 2. The van der Waals surface area contributed by atoms with Gasteiger partial charge in [0, 0.05) is 13.1 Å². The average Bonchev–Trinajstić information content (AvgIpc) is 3.02. The number of amides is 1. The van der Waals surface area contributed by atoms with Crippen molar-refractivity contribution in [3.05, 3.63) is 66.2 Å². The Kier molecular flexibility index (Phi) is 5.47. The monoisotopic (exact) mass is 374 g/mol. The Hall–Kier alpha value is -3.01. The number of benzene rings is 3. The van der Waals surface area contributed by atoms with E-state index in [1.807, 2.05) is 54.6 Å². The predicted molar refractivity (Wildman–Crippen MR) is 116 cm³/mol. The van der Waals surface area contributed by atoms with E-state index in [1.54, 1.807) is 7.11 Å². The first kappa shape index (κ1) is 18.4. The maximum Gasteiger partial charge on any atom is 0.259 e. The SMILES string of the molecule is COc1cc2ccccc2cc1C(=O)Nc1ccccc1N1CCCCCC1. The zero-order valence-electron chi connectivity index (χ0n) is 16.3. The Labute approximate surface area is 166 Å². The number of ether oxygens (including phenoxy) is 1. The number of carbonyl (C=O) groups excluding carboxylic acids is 1. The molecule has 1 heterocycles. The first-order chi connectivity index (χ1) is 13.8. The minimum Gasteiger partial charge on any atom is -0.496 e. The number of fused-ring (bicyclic) bond motifs is 1. The smallest absolute Gasteiger partial charge is 0.259 e. The van der Waals surface area contributed by atoms with Gasteiger partial charge in [-0.2, -0.15) is 0 Å². The number of rotatable bonds is 4. The van der Waals surface area contributed by atoms with Gasteiger partial charge in [0.1, 0.15) is 5.75 Å². The van der Waals surface area contributed by atoms with Crippen molar-refractivity contribution in [2.75, 3.05) is 30.4 Å². The molecule has 4 rings (SSSR count). The summed E-state index contributed by atoms with van der Waals surface area (Å²) in [5.74, 6) is 0.438. The van der Waals surface area contributed by atoms with Crippen LogP contribution in [0.1, 0.15) is 36.0 Å². The van der Waals surface area contributed by atoms with Crippen molar-refractivity contribution < 1.29 is 9.53 Å². The summed E-state index contributed by atoms with van der Waals surface area (Å²) in [6.45, 7) is 2.07.